The molecule has 27 heavy (non-hydrogen) atoms. The highest BCUT2D eigenvalue weighted by Gasteiger charge is 2.18. The number of benzene rings is 1. The van der Waals surface area contributed by atoms with E-state index in [0.717, 1.165) is 4.88 Å². The van der Waals surface area contributed by atoms with Crippen molar-refractivity contribution in [2.75, 3.05) is 10.6 Å². The molecule has 0 saturated carbocycles. The zero-order valence-corrected chi connectivity index (χ0v) is 16.4. The third-order valence-corrected chi connectivity index (χ3v) is 4.80. The maximum absolute atomic E-state index is 11.8. The Kier molecular flexibility index (Phi) is 7.03. The minimum Gasteiger partial charge on any atom is -0.373 e. The zero-order valence-electron chi connectivity index (χ0n) is 14.7. The number of carbonyl (C=O) groups is 2. The summed E-state index contributed by atoms with van der Waals surface area (Å²) in [6.07, 6.45) is 0.728. The second-order valence-electron chi connectivity index (χ2n) is 6.01. The van der Waals surface area contributed by atoms with Crippen LogP contribution >= 0.6 is 23.6 Å². The lowest BCUT2D eigenvalue weighted by Crippen LogP contribution is -2.37. The first-order valence-corrected chi connectivity index (χ1v) is 9.41. The van der Waals surface area contributed by atoms with E-state index in [1.807, 2.05) is 17.5 Å². The number of amides is 2. The van der Waals surface area contributed by atoms with E-state index in [2.05, 4.69) is 10.6 Å². The topological polar surface area (TPSA) is 134 Å². The van der Waals surface area contributed by atoms with Crippen LogP contribution in [0.25, 0.3) is 0 Å². The molecule has 7 nitrogen and oxygen atoms in total. The van der Waals surface area contributed by atoms with Crippen LogP contribution in [0.15, 0.2) is 35.7 Å². The number of thiocarbonyl (C=S) groups is 1. The van der Waals surface area contributed by atoms with Gasteiger partial charge in [0.1, 0.15) is 6.04 Å². The van der Waals surface area contributed by atoms with Crippen molar-refractivity contribution in [2.24, 2.45) is 11.5 Å². The molecule has 1 atom stereocenters. The quantitative estimate of drug-likeness (QED) is 0.324. The lowest BCUT2D eigenvalue weighted by Gasteiger charge is -2.18. The highest BCUT2D eigenvalue weighted by molar-refractivity contribution is 7.80. The molecule has 7 N–H and O–H groups in total. The summed E-state index contributed by atoms with van der Waals surface area (Å²) in [7, 11) is 0. The van der Waals surface area contributed by atoms with Gasteiger partial charge in [-0.2, -0.15) is 0 Å². The molecular weight excluding hydrogens is 382 g/mol. The molecule has 1 unspecified atom stereocenters. The van der Waals surface area contributed by atoms with Gasteiger partial charge < -0.3 is 27.5 Å². The second kappa shape index (κ2) is 9.24. The van der Waals surface area contributed by atoms with Gasteiger partial charge in [0.2, 0.25) is 5.91 Å². The molecule has 0 radical (unpaired) electrons. The van der Waals surface area contributed by atoms with Crippen molar-refractivity contribution in [1.29, 1.82) is 5.41 Å². The van der Waals surface area contributed by atoms with E-state index < -0.39 is 17.9 Å². The van der Waals surface area contributed by atoms with Gasteiger partial charge >= 0.3 is 0 Å². The molecule has 142 valence electrons. The number of nitrogens with two attached hydrogens (primary N) is 2. The number of carbonyl (C=O) groups excluding carboxylic acids is 2. The van der Waals surface area contributed by atoms with E-state index in [4.69, 9.17) is 29.1 Å². The van der Waals surface area contributed by atoms with Gasteiger partial charge in [0.25, 0.3) is 5.91 Å². The lowest BCUT2D eigenvalue weighted by atomic mass is 10.1. The number of nitrogens with one attached hydrogen (secondary N) is 3. The minimum atomic E-state index is -0.608. The Morgan fingerprint density at radius 1 is 1.30 bits per heavy atom. The molecule has 2 rings (SSSR count). The Bertz CT molecular complexity index is 865. The Morgan fingerprint density at radius 3 is 2.59 bits per heavy atom. The van der Waals surface area contributed by atoms with E-state index >= 15 is 0 Å². The molecule has 0 saturated heterocycles. The maximum Gasteiger partial charge on any atom is 0.250 e. The Balaban J connectivity index is 2.24. The van der Waals surface area contributed by atoms with Crippen LogP contribution in [0.5, 0.6) is 0 Å². The third-order valence-electron chi connectivity index (χ3n) is 3.65. The molecule has 1 aromatic carbocycles. The summed E-state index contributed by atoms with van der Waals surface area (Å²) >= 11 is 6.76. The highest BCUT2D eigenvalue weighted by Crippen LogP contribution is 2.23. The molecule has 0 fully saturated rings. The van der Waals surface area contributed by atoms with E-state index in [0.29, 0.717) is 28.5 Å². The van der Waals surface area contributed by atoms with E-state index in [1.165, 1.54) is 0 Å². The first-order chi connectivity index (χ1) is 12.8. The smallest absolute Gasteiger partial charge is 0.250 e. The van der Waals surface area contributed by atoms with Gasteiger partial charge in [0.05, 0.1) is 16.2 Å². The summed E-state index contributed by atoms with van der Waals surface area (Å²) in [5.41, 5.74) is 12.6. The summed E-state index contributed by atoms with van der Waals surface area (Å²) in [5.74, 6) is -1.09. The van der Waals surface area contributed by atoms with Crippen LogP contribution < -0.4 is 22.1 Å². The summed E-state index contributed by atoms with van der Waals surface area (Å²) < 4.78 is 0. The molecule has 1 aromatic heterocycles. The average Bonchev–Trinajstić information content (AvgIpc) is 3.06. The zero-order chi connectivity index (χ0) is 20.0. The Hall–Kier alpha value is -2.78. The number of thiophene rings is 1. The Labute approximate surface area is 166 Å². The number of anilines is 2. The van der Waals surface area contributed by atoms with Gasteiger partial charge in [-0.05, 0) is 36.6 Å². The van der Waals surface area contributed by atoms with Crippen LogP contribution in [0.1, 0.15) is 28.6 Å². The predicted molar refractivity (Wildman–Crippen MR) is 114 cm³/mol. The SMILES string of the molecule is CC(=N)CC(=S)Nc1cc(NC(Cc2cccs2)C(N)=O)ccc1C(N)=O. The van der Waals surface area contributed by atoms with Crippen molar-refractivity contribution in [3.63, 3.8) is 0 Å². The van der Waals surface area contributed by atoms with Crippen LogP contribution in [0, 0.1) is 5.41 Å². The molecular formula is C18H21N5O2S2. The van der Waals surface area contributed by atoms with E-state index in [9.17, 15) is 9.59 Å². The predicted octanol–water partition coefficient (Wildman–Crippen LogP) is 2.52. The summed E-state index contributed by atoms with van der Waals surface area (Å²) in [4.78, 5) is 24.9. The average molecular weight is 404 g/mol. The fraction of sp³-hybridized carbons (Fsp3) is 0.222. The van der Waals surface area contributed by atoms with E-state index in [-0.39, 0.29) is 12.0 Å². The van der Waals surface area contributed by atoms with E-state index in [1.54, 1.807) is 36.5 Å². The van der Waals surface area contributed by atoms with Gasteiger partial charge in [0.15, 0.2) is 0 Å². The molecule has 0 bridgehead atoms. The number of primary amides is 2. The van der Waals surface area contributed by atoms with Crippen molar-refractivity contribution in [3.05, 3.63) is 46.2 Å². The molecule has 0 aliphatic rings. The fourth-order valence-corrected chi connectivity index (χ4v) is 3.52. The van der Waals surface area contributed by atoms with Crippen LogP contribution in [-0.2, 0) is 11.2 Å². The van der Waals surface area contributed by atoms with Crippen molar-refractivity contribution in [2.45, 2.75) is 25.8 Å². The normalized spacial score (nSPS) is 11.4. The van der Waals surface area contributed by atoms with Crippen LogP contribution in [-0.4, -0.2) is 28.6 Å². The van der Waals surface area contributed by atoms with Gasteiger partial charge in [0, 0.05) is 29.1 Å². The van der Waals surface area contributed by atoms with Crippen molar-refractivity contribution < 1.29 is 9.59 Å². The van der Waals surface area contributed by atoms with Gasteiger partial charge in [-0.3, -0.25) is 9.59 Å². The molecule has 0 spiro atoms. The molecule has 0 aliphatic carbocycles. The largest absolute Gasteiger partial charge is 0.373 e. The lowest BCUT2D eigenvalue weighted by molar-refractivity contribution is -0.118. The number of rotatable bonds is 9. The maximum atomic E-state index is 11.8. The van der Waals surface area contributed by atoms with Crippen LogP contribution in [0.2, 0.25) is 0 Å². The van der Waals surface area contributed by atoms with Crippen molar-refractivity contribution in [1.82, 2.24) is 0 Å². The molecule has 1 heterocycles. The molecule has 0 aliphatic heterocycles. The van der Waals surface area contributed by atoms with Gasteiger partial charge in [-0.1, -0.05) is 18.3 Å². The van der Waals surface area contributed by atoms with Crippen LogP contribution in [0.3, 0.4) is 0 Å². The Morgan fingerprint density at radius 2 is 2.04 bits per heavy atom. The number of hydrogen-bond donors (Lipinski definition) is 5. The second-order valence-corrected chi connectivity index (χ2v) is 7.54. The fourth-order valence-electron chi connectivity index (χ4n) is 2.44. The third kappa shape index (κ3) is 6.15. The highest BCUT2D eigenvalue weighted by atomic mass is 32.1. The first kappa shape index (κ1) is 20.5. The van der Waals surface area contributed by atoms with Gasteiger partial charge in [-0.25, -0.2) is 0 Å². The summed E-state index contributed by atoms with van der Waals surface area (Å²) in [6.45, 7) is 1.64. The standard InChI is InChI=1S/C18H21N5O2S2/c1-10(19)7-16(26)23-14-8-11(4-5-13(14)17(20)24)22-15(18(21)25)9-12-3-2-6-27-12/h2-6,8,15,19,22H,7,9H2,1H3,(H2,20,24)(H2,21,25)(H,23,26). The molecule has 9 heteroatoms. The minimum absolute atomic E-state index is 0.263. The molecule has 2 amide bonds. The van der Waals surface area contributed by atoms with Crippen LogP contribution in [0.4, 0.5) is 11.4 Å². The summed E-state index contributed by atoms with van der Waals surface area (Å²) in [6, 6.07) is 8.09. The summed E-state index contributed by atoms with van der Waals surface area (Å²) in [5, 5.41) is 15.5. The van der Waals surface area contributed by atoms with Crippen molar-refractivity contribution >= 4 is 57.4 Å². The van der Waals surface area contributed by atoms with Crippen molar-refractivity contribution in [3.8, 4) is 0 Å². The molecule has 2 aromatic rings. The first-order valence-electron chi connectivity index (χ1n) is 8.12. The monoisotopic (exact) mass is 403 g/mol. The van der Waals surface area contributed by atoms with Gasteiger partial charge in [-0.15, -0.1) is 11.3 Å². The number of hydrogen-bond acceptors (Lipinski definition) is 6.